The predicted molar refractivity (Wildman–Crippen MR) is 59.9 cm³/mol. The van der Waals surface area contributed by atoms with Crippen molar-refractivity contribution >= 4 is 12.6 Å². The largest absolute Gasteiger partial charge is 0.314 e. The van der Waals surface area contributed by atoms with Gasteiger partial charge in [0.15, 0.2) is 0 Å². The lowest BCUT2D eigenvalue weighted by molar-refractivity contribution is -0.0878. The molecule has 4 N–H and O–H groups in total. The molecule has 84 valence electrons. The molecular formula is C8H20N4OS. The van der Waals surface area contributed by atoms with E-state index in [1.54, 1.807) is 0 Å². The van der Waals surface area contributed by atoms with Gasteiger partial charge < -0.3 is 21.2 Å². The van der Waals surface area contributed by atoms with E-state index in [0.717, 1.165) is 32.7 Å². The molecule has 0 spiro atoms. The zero-order valence-corrected chi connectivity index (χ0v) is 9.26. The molecule has 1 heterocycles. The molecule has 1 saturated heterocycles. The maximum absolute atomic E-state index is 9.39. The molecule has 6 heteroatoms. The average molecular weight is 220 g/mol. The first-order valence-corrected chi connectivity index (χ1v) is 5.57. The van der Waals surface area contributed by atoms with Crippen LogP contribution in [0.25, 0.3) is 0 Å². The van der Waals surface area contributed by atoms with Gasteiger partial charge in [0.2, 0.25) is 0 Å². The molecule has 0 saturated carbocycles. The highest BCUT2D eigenvalue weighted by molar-refractivity contribution is 7.80. The summed E-state index contributed by atoms with van der Waals surface area (Å²) in [6.45, 7) is 5.58. The molecule has 1 atom stereocenters. The Bertz CT molecular complexity index is 135. The van der Waals surface area contributed by atoms with Crippen molar-refractivity contribution in [3.63, 3.8) is 0 Å². The highest BCUT2D eigenvalue weighted by Crippen LogP contribution is 1.88. The van der Waals surface area contributed by atoms with Crippen LogP contribution >= 0.6 is 12.6 Å². The van der Waals surface area contributed by atoms with Crippen molar-refractivity contribution in [2.75, 3.05) is 45.8 Å². The topological polar surface area (TPSA) is 59.6 Å². The van der Waals surface area contributed by atoms with Crippen LogP contribution in [0.3, 0.4) is 0 Å². The fourth-order valence-electron chi connectivity index (χ4n) is 1.29. The molecule has 0 bridgehead atoms. The number of rotatable bonds is 0. The molecule has 1 unspecified atom stereocenters. The number of hydrogen-bond acceptors (Lipinski definition) is 6. The fraction of sp³-hybridized carbons (Fsp3) is 1.00. The van der Waals surface area contributed by atoms with E-state index in [-0.39, 0.29) is 5.37 Å². The Labute approximate surface area is 90.6 Å². The van der Waals surface area contributed by atoms with Crippen molar-refractivity contribution in [3.8, 4) is 0 Å². The smallest absolute Gasteiger partial charge is 0.0629 e. The monoisotopic (exact) mass is 220 g/mol. The first-order chi connectivity index (χ1) is 6.79. The Kier molecular flexibility index (Phi) is 6.50. The van der Waals surface area contributed by atoms with E-state index in [9.17, 15) is 5.21 Å². The van der Waals surface area contributed by atoms with Gasteiger partial charge in [0, 0.05) is 45.8 Å². The lowest BCUT2D eigenvalue weighted by Crippen LogP contribution is -2.43. The predicted octanol–water partition coefficient (Wildman–Crippen LogP) is -1.28. The molecule has 0 amide bonds. The zero-order chi connectivity index (χ0) is 10.2. The normalized spacial score (nSPS) is 29.1. The minimum Gasteiger partial charge on any atom is -0.314 e. The summed E-state index contributed by atoms with van der Waals surface area (Å²) >= 11 is 4.36. The summed E-state index contributed by atoms with van der Waals surface area (Å²) < 4.78 is 0. The van der Waals surface area contributed by atoms with E-state index < -0.39 is 0 Å². The number of nitrogens with one attached hydrogen (secondary N) is 3. The van der Waals surface area contributed by atoms with Crippen LogP contribution in [0.15, 0.2) is 0 Å². The molecule has 0 radical (unpaired) electrons. The summed E-state index contributed by atoms with van der Waals surface area (Å²) in [6.07, 6.45) is 0. The highest BCUT2D eigenvalue weighted by atomic mass is 32.1. The van der Waals surface area contributed by atoms with E-state index in [1.165, 1.54) is 5.06 Å². The Morgan fingerprint density at radius 1 is 1.07 bits per heavy atom. The number of hydrogen-bond donors (Lipinski definition) is 5. The standard InChI is InChI=1S/C8H20N4OS/c13-12-5-3-9-1-2-10-7-8(14)11-4-6-12/h8-11,13-14H,1-7H2. The third-order valence-electron chi connectivity index (χ3n) is 2.11. The molecule has 14 heavy (non-hydrogen) atoms. The van der Waals surface area contributed by atoms with Gasteiger partial charge in [-0.2, -0.15) is 17.7 Å². The molecule has 1 rings (SSSR count). The van der Waals surface area contributed by atoms with Crippen molar-refractivity contribution in [1.82, 2.24) is 21.0 Å². The van der Waals surface area contributed by atoms with Crippen LogP contribution in [0.1, 0.15) is 0 Å². The minimum absolute atomic E-state index is 0.155. The Morgan fingerprint density at radius 3 is 2.64 bits per heavy atom. The highest BCUT2D eigenvalue weighted by Gasteiger charge is 2.04. The molecule has 0 aromatic heterocycles. The Balaban J connectivity index is 2.21. The molecule has 1 aliphatic rings. The van der Waals surface area contributed by atoms with Gasteiger partial charge in [0.25, 0.3) is 0 Å². The number of hydroxylamine groups is 2. The van der Waals surface area contributed by atoms with E-state index in [1.807, 2.05) is 0 Å². The fourth-order valence-corrected chi connectivity index (χ4v) is 1.55. The van der Waals surface area contributed by atoms with Gasteiger partial charge >= 0.3 is 0 Å². The lowest BCUT2D eigenvalue weighted by Gasteiger charge is -2.19. The van der Waals surface area contributed by atoms with Crippen LogP contribution in [0, 0.1) is 0 Å². The van der Waals surface area contributed by atoms with E-state index >= 15 is 0 Å². The van der Waals surface area contributed by atoms with Crippen LogP contribution in [-0.4, -0.2) is 61.5 Å². The number of nitrogens with zero attached hydrogens (tertiary/aromatic N) is 1. The van der Waals surface area contributed by atoms with Crippen LogP contribution in [0.2, 0.25) is 0 Å². The van der Waals surface area contributed by atoms with Gasteiger partial charge in [-0.05, 0) is 0 Å². The van der Waals surface area contributed by atoms with E-state index in [0.29, 0.717) is 13.1 Å². The average Bonchev–Trinajstić information content (AvgIpc) is 2.14. The third-order valence-corrected chi connectivity index (χ3v) is 2.48. The zero-order valence-electron chi connectivity index (χ0n) is 8.37. The molecule has 1 aliphatic heterocycles. The van der Waals surface area contributed by atoms with Crippen LogP contribution in [0.5, 0.6) is 0 Å². The molecule has 1 fully saturated rings. The van der Waals surface area contributed by atoms with Crippen LogP contribution in [-0.2, 0) is 0 Å². The van der Waals surface area contributed by atoms with Crippen LogP contribution in [0.4, 0.5) is 0 Å². The third kappa shape index (κ3) is 5.79. The van der Waals surface area contributed by atoms with Crippen molar-refractivity contribution in [2.24, 2.45) is 0 Å². The molecule has 0 aromatic rings. The Hall–Kier alpha value is 0.150. The van der Waals surface area contributed by atoms with Crippen LogP contribution < -0.4 is 16.0 Å². The SMILES string of the molecule is ON1CCNCCNCC(S)NCC1. The summed E-state index contributed by atoms with van der Waals surface area (Å²) in [5, 5.41) is 20.6. The molecule has 0 aromatic carbocycles. The van der Waals surface area contributed by atoms with E-state index in [4.69, 9.17) is 0 Å². The summed E-state index contributed by atoms with van der Waals surface area (Å²) in [4.78, 5) is 0. The lowest BCUT2D eigenvalue weighted by atomic mass is 10.4. The quantitative estimate of drug-likeness (QED) is 0.329. The summed E-state index contributed by atoms with van der Waals surface area (Å²) in [7, 11) is 0. The first kappa shape index (κ1) is 12.2. The van der Waals surface area contributed by atoms with Gasteiger partial charge in [-0.25, -0.2) is 0 Å². The van der Waals surface area contributed by atoms with Gasteiger partial charge in [0.05, 0.1) is 5.37 Å². The summed E-state index contributed by atoms with van der Waals surface area (Å²) in [5.41, 5.74) is 0. The molecular weight excluding hydrogens is 200 g/mol. The van der Waals surface area contributed by atoms with Gasteiger partial charge in [-0.1, -0.05) is 0 Å². The second kappa shape index (κ2) is 7.44. The molecule has 0 aliphatic carbocycles. The van der Waals surface area contributed by atoms with Gasteiger partial charge in [0.1, 0.15) is 0 Å². The van der Waals surface area contributed by atoms with Crippen molar-refractivity contribution < 1.29 is 5.21 Å². The van der Waals surface area contributed by atoms with Crippen molar-refractivity contribution in [3.05, 3.63) is 0 Å². The van der Waals surface area contributed by atoms with Gasteiger partial charge in [-0.15, -0.1) is 0 Å². The second-order valence-electron chi connectivity index (χ2n) is 3.38. The van der Waals surface area contributed by atoms with Crippen molar-refractivity contribution in [1.29, 1.82) is 0 Å². The second-order valence-corrected chi connectivity index (χ2v) is 4.00. The Morgan fingerprint density at radius 2 is 1.79 bits per heavy atom. The van der Waals surface area contributed by atoms with Gasteiger partial charge in [-0.3, -0.25) is 0 Å². The number of thiol groups is 1. The maximum Gasteiger partial charge on any atom is 0.0629 e. The minimum atomic E-state index is 0.155. The summed E-state index contributed by atoms with van der Waals surface area (Å²) in [6, 6.07) is 0. The molecule has 5 nitrogen and oxygen atoms in total. The maximum atomic E-state index is 9.39. The summed E-state index contributed by atoms with van der Waals surface area (Å²) in [5.74, 6) is 0. The first-order valence-electron chi connectivity index (χ1n) is 5.06. The van der Waals surface area contributed by atoms with Crippen molar-refractivity contribution in [2.45, 2.75) is 5.37 Å². The van der Waals surface area contributed by atoms with E-state index in [2.05, 4.69) is 28.6 Å².